The number of thiophene rings is 1. The van der Waals surface area contributed by atoms with Crippen molar-refractivity contribution in [3.63, 3.8) is 0 Å². The Morgan fingerprint density at radius 3 is 2.85 bits per heavy atom. The Morgan fingerprint density at radius 1 is 1.41 bits per heavy atom. The summed E-state index contributed by atoms with van der Waals surface area (Å²) in [6.07, 6.45) is 1.19. The largest absolute Gasteiger partial charge is 0.383 e. The normalized spacial score (nSPS) is 26.7. The molecule has 3 rings (SSSR count). The first-order valence-electron chi connectivity index (χ1n) is 9.73. The number of aliphatic imine (C=N–C) groups is 1. The van der Waals surface area contributed by atoms with E-state index < -0.39 is 5.60 Å². The summed E-state index contributed by atoms with van der Waals surface area (Å²) in [6.45, 7) is 9.54. The minimum atomic E-state index is -0.951. The van der Waals surface area contributed by atoms with Crippen molar-refractivity contribution in [2.75, 3.05) is 57.4 Å². The van der Waals surface area contributed by atoms with Crippen LogP contribution in [0.5, 0.6) is 0 Å². The number of rotatable bonds is 7. The third-order valence-electron chi connectivity index (χ3n) is 5.38. The molecule has 0 amide bonds. The average Bonchev–Trinajstić information content (AvgIpc) is 3.38. The van der Waals surface area contributed by atoms with Crippen molar-refractivity contribution >= 4 is 29.1 Å². The molecule has 0 bridgehead atoms. The summed E-state index contributed by atoms with van der Waals surface area (Å²) in [5.74, 6) is 3.13. The van der Waals surface area contributed by atoms with Crippen LogP contribution in [0.4, 0.5) is 0 Å². The van der Waals surface area contributed by atoms with Gasteiger partial charge in [-0.1, -0.05) is 0 Å². The van der Waals surface area contributed by atoms with E-state index in [1.54, 1.807) is 11.3 Å². The lowest BCUT2D eigenvalue weighted by atomic mass is 9.95. The molecule has 0 spiro atoms. The minimum absolute atomic E-state index is 0.167. The second-order valence-electron chi connectivity index (χ2n) is 7.46. The molecular formula is C19H32N4O2S2. The highest BCUT2D eigenvalue weighted by atomic mass is 32.2. The standard InChI is InChI=1S/C19H32N4O2S2/c1-3-20-17(21-13-18(2,24)16-4-10-26-12-16)22-14-19(5-11-27-15-19)23-6-8-25-9-7-23/h4,10,12,24H,3,5-9,11,13-15H2,1-2H3,(H2,20,21,22). The number of morpholine rings is 1. The lowest BCUT2D eigenvalue weighted by Crippen LogP contribution is -2.60. The van der Waals surface area contributed by atoms with Gasteiger partial charge in [-0.15, -0.1) is 0 Å². The number of hydrogen-bond donors (Lipinski definition) is 3. The van der Waals surface area contributed by atoms with Crippen LogP contribution in [0.3, 0.4) is 0 Å². The molecule has 27 heavy (non-hydrogen) atoms. The van der Waals surface area contributed by atoms with Crippen molar-refractivity contribution in [1.82, 2.24) is 15.5 Å². The van der Waals surface area contributed by atoms with E-state index in [1.807, 2.05) is 35.5 Å². The second-order valence-corrected chi connectivity index (χ2v) is 9.35. The van der Waals surface area contributed by atoms with Crippen molar-refractivity contribution in [2.45, 2.75) is 31.4 Å². The minimum Gasteiger partial charge on any atom is -0.383 e. The number of nitrogens with one attached hydrogen (secondary N) is 2. The summed E-state index contributed by atoms with van der Waals surface area (Å²) in [5, 5.41) is 21.6. The molecule has 2 saturated heterocycles. The fraction of sp³-hybridized carbons (Fsp3) is 0.737. The highest BCUT2D eigenvalue weighted by Gasteiger charge is 2.40. The van der Waals surface area contributed by atoms with Gasteiger partial charge in [0.1, 0.15) is 5.60 Å². The predicted octanol–water partition coefficient (Wildman–Crippen LogP) is 1.72. The Balaban J connectivity index is 1.64. The van der Waals surface area contributed by atoms with Crippen molar-refractivity contribution in [3.05, 3.63) is 22.4 Å². The van der Waals surface area contributed by atoms with Gasteiger partial charge in [0.05, 0.1) is 19.8 Å². The Kier molecular flexibility index (Phi) is 7.44. The van der Waals surface area contributed by atoms with Gasteiger partial charge in [0.25, 0.3) is 0 Å². The molecule has 1 aromatic rings. The quantitative estimate of drug-likeness (QED) is 0.468. The zero-order chi connectivity index (χ0) is 19.2. The number of guanidine groups is 1. The number of thioether (sulfide) groups is 1. The Labute approximate surface area is 170 Å². The molecule has 0 saturated carbocycles. The van der Waals surface area contributed by atoms with E-state index in [1.165, 1.54) is 12.2 Å². The van der Waals surface area contributed by atoms with Crippen LogP contribution >= 0.6 is 23.1 Å². The van der Waals surface area contributed by atoms with Crippen LogP contribution < -0.4 is 10.6 Å². The monoisotopic (exact) mass is 412 g/mol. The van der Waals surface area contributed by atoms with Crippen LogP contribution in [0, 0.1) is 0 Å². The maximum absolute atomic E-state index is 10.7. The number of aliphatic hydroxyl groups is 1. The molecule has 6 nitrogen and oxygen atoms in total. The van der Waals surface area contributed by atoms with Gasteiger partial charge in [-0.25, -0.2) is 4.99 Å². The summed E-state index contributed by atoms with van der Waals surface area (Å²) in [6, 6.07) is 1.96. The van der Waals surface area contributed by atoms with E-state index in [4.69, 9.17) is 4.74 Å². The lowest BCUT2D eigenvalue weighted by molar-refractivity contribution is -0.0120. The molecule has 2 aliphatic rings. The molecule has 3 heterocycles. The van der Waals surface area contributed by atoms with Crippen molar-refractivity contribution in [2.24, 2.45) is 4.99 Å². The Hall–Kier alpha value is -0.800. The summed E-state index contributed by atoms with van der Waals surface area (Å²) < 4.78 is 5.55. The maximum atomic E-state index is 10.7. The van der Waals surface area contributed by atoms with E-state index in [0.717, 1.165) is 56.7 Å². The van der Waals surface area contributed by atoms with Gasteiger partial charge in [-0.05, 0) is 48.4 Å². The molecule has 0 radical (unpaired) electrons. The molecule has 8 heteroatoms. The molecular weight excluding hydrogens is 380 g/mol. The Bertz CT molecular complexity index is 595. The molecule has 2 aliphatic heterocycles. The Morgan fingerprint density at radius 2 is 2.22 bits per heavy atom. The molecule has 0 aromatic carbocycles. The molecule has 2 fully saturated rings. The van der Waals surface area contributed by atoms with Crippen LogP contribution in [-0.4, -0.2) is 78.9 Å². The van der Waals surface area contributed by atoms with Crippen LogP contribution in [-0.2, 0) is 10.3 Å². The van der Waals surface area contributed by atoms with E-state index in [9.17, 15) is 5.11 Å². The van der Waals surface area contributed by atoms with Crippen LogP contribution in [0.15, 0.2) is 21.8 Å². The number of nitrogens with zero attached hydrogens (tertiary/aromatic N) is 2. The first-order chi connectivity index (χ1) is 13.1. The van der Waals surface area contributed by atoms with Crippen molar-refractivity contribution < 1.29 is 9.84 Å². The fourth-order valence-corrected chi connectivity index (χ4v) is 5.88. The average molecular weight is 413 g/mol. The van der Waals surface area contributed by atoms with Gasteiger partial charge in [0, 0.05) is 37.5 Å². The fourth-order valence-electron chi connectivity index (χ4n) is 3.62. The number of ether oxygens (including phenoxy) is 1. The van der Waals surface area contributed by atoms with E-state index in [-0.39, 0.29) is 5.54 Å². The molecule has 1 aromatic heterocycles. The first kappa shape index (κ1) is 20.9. The summed E-state index contributed by atoms with van der Waals surface area (Å²) in [5.41, 5.74) is 0.137. The zero-order valence-electron chi connectivity index (χ0n) is 16.4. The van der Waals surface area contributed by atoms with Gasteiger partial charge < -0.3 is 20.5 Å². The van der Waals surface area contributed by atoms with E-state index in [2.05, 4.69) is 27.4 Å². The molecule has 0 aliphatic carbocycles. The second kappa shape index (κ2) is 9.60. The third kappa shape index (κ3) is 5.38. The predicted molar refractivity (Wildman–Crippen MR) is 115 cm³/mol. The lowest BCUT2D eigenvalue weighted by Gasteiger charge is -2.43. The van der Waals surface area contributed by atoms with Crippen molar-refractivity contribution in [3.8, 4) is 0 Å². The van der Waals surface area contributed by atoms with Crippen LogP contribution in [0.1, 0.15) is 25.8 Å². The SMILES string of the molecule is CCNC(=NCC(C)(O)c1ccsc1)NCC1(N2CCOCC2)CCSC1. The van der Waals surface area contributed by atoms with Crippen LogP contribution in [0.25, 0.3) is 0 Å². The molecule has 2 unspecified atom stereocenters. The molecule has 3 N–H and O–H groups in total. The van der Waals surface area contributed by atoms with Gasteiger partial charge in [-0.2, -0.15) is 23.1 Å². The summed E-state index contributed by atoms with van der Waals surface area (Å²) in [7, 11) is 0. The summed E-state index contributed by atoms with van der Waals surface area (Å²) >= 11 is 3.63. The zero-order valence-corrected chi connectivity index (χ0v) is 18.0. The van der Waals surface area contributed by atoms with Gasteiger partial charge >= 0.3 is 0 Å². The molecule has 2 atom stereocenters. The highest BCUT2D eigenvalue weighted by molar-refractivity contribution is 7.99. The number of hydrogen-bond acceptors (Lipinski definition) is 6. The smallest absolute Gasteiger partial charge is 0.191 e. The molecule has 152 valence electrons. The van der Waals surface area contributed by atoms with E-state index >= 15 is 0 Å². The van der Waals surface area contributed by atoms with Crippen LogP contribution in [0.2, 0.25) is 0 Å². The topological polar surface area (TPSA) is 69.1 Å². The van der Waals surface area contributed by atoms with Gasteiger partial charge in [-0.3, -0.25) is 4.90 Å². The summed E-state index contributed by atoms with van der Waals surface area (Å²) in [4.78, 5) is 7.27. The maximum Gasteiger partial charge on any atom is 0.191 e. The highest BCUT2D eigenvalue weighted by Crippen LogP contribution is 2.33. The van der Waals surface area contributed by atoms with Crippen molar-refractivity contribution in [1.29, 1.82) is 0 Å². The van der Waals surface area contributed by atoms with E-state index in [0.29, 0.717) is 6.54 Å². The van der Waals surface area contributed by atoms with Gasteiger partial charge in [0.2, 0.25) is 0 Å². The van der Waals surface area contributed by atoms with Gasteiger partial charge in [0.15, 0.2) is 5.96 Å². The first-order valence-corrected chi connectivity index (χ1v) is 11.8. The third-order valence-corrected chi connectivity index (χ3v) is 7.30.